The van der Waals surface area contributed by atoms with Gasteiger partial charge in [-0.05, 0) is 18.4 Å². The molecule has 1 fully saturated rings. The Balaban J connectivity index is 2.27. The SMILES string of the molecule is CC(=O)N[C@H]1CCCC[C@@H](NC(=O)Cc2ccccc2)[C@@H](OC(C)=O)[C@H]1OC(C)=O. The summed E-state index contributed by atoms with van der Waals surface area (Å²) in [5.41, 5.74) is 0.859. The molecule has 8 nitrogen and oxygen atoms in total. The van der Waals surface area contributed by atoms with Crippen LogP contribution in [0.2, 0.25) is 0 Å². The summed E-state index contributed by atoms with van der Waals surface area (Å²) < 4.78 is 11.0. The van der Waals surface area contributed by atoms with Crippen LogP contribution in [0.4, 0.5) is 0 Å². The summed E-state index contributed by atoms with van der Waals surface area (Å²) in [4.78, 5) is 48.0. The molecule has 2 amide bonds. The lowest BCUT2D eigenvalue weighted by atomic mass is 9.88. The van der Waals surface area contributed by atoms with Crippen LogP contribution in [0.3, 0.4) is 0 Å². The third kappa shape index (κ3) is 7.50. The van der Waals surface area contributed by atoms with Gasteiger partial charge in [-0.25, -0.2) is 0 Å². The first-order valence-corrected chi connectivity index (χ1v) is 10.2. The Morgan fingerprint density at radius 1 is 0.833 bits per heavy atom. The van der Waals surface area contributed by atoms with Crippen molar-refractivity contribution in [1.82, 2.24) is 10.6 Å². The van der Waals surface area contributed by atoms with Gasteiger partial charge in [-0.15, -0.1) is 0 Å². The van der Waals surface area contributed by atoms with E-state index in [9.17, 15) is 19.2 Å². The standard InChI is InChI=1S/C22H30N2O6/c1-14(25)23-18-11-7-8-12-19(22(30-16(3)27)21(18)29-15(2)26)24-20(28)13-17-9-5-4-6-10-17/h4-6,9-10,18-19,21-22H,7-8,11-13H2,1-3H3,(H,23,25)(H,24,28)/t18-,19+,21-,22+/m0/s1. The van der Waals surface area contributed by atoms with Crippen molar-refractivity contribution in [2.75, 3.05) is 0 Å². The molecule has 1 saturated carbocycles. The number of nitrogens with one attached hydrogen (secondary N) is 2. The molecule has 1 aromatic carbocycles. The monoisotopic (exact) mass is 418 g/mol. The third-order valence-corrected chi connectivity index (χ3v) is 4.94. The highest BCUT2D eigenvalue weighted by Gasteiger charge is 2.41. The molecule has 0 saturated heterocycles. The van der Waals surface area contributed by atoms with Gasteiger partial charge in [0, 0.05) is 20.8 Å². The largest absolute Gasteiger partial charge is 0.456 e. The number of esters is 2. The first-order chi connectivity index (χ1) is 14.3. The fraction of sp³-hybridized carbons (Fsp3) is 0.545. The van der Waals surface area contributed by atoms with Crippen LogP contribution in [0, 0.1) is 0 Å². The second-order valence-corrected chi connectivity index (χ2v) is 7.58. The van der Waals surface area contributed by atoms with Crippen LogP contribution in [0.25, 0.3) is 0 Å². The molecule has 0 heterocycles. The first-order valence-electron chi connectivity index (χ1n) is 10.2. The number of carbonyl (C=O) groups is 4. The van der Waals surface area contributed by atoms with E-state index in [0.29, 0.717) is 12.8 Å². The zero-order valence-corrected chi connectivity index (χ0v) is 17.7. The Morgan fingerprint density at radius 3 is 1.80 bits per heavy atom. The van der Waals surface area contributed by atoms with E-state index in [2.05, 4.69) is 10.6 Å². The fourth-order valence-corrected chi connectivity index (χ4v) is 3.81. The fourth-order valence-electron chi connectivity index (χ4n) is 3.81. The smallest absolute Gasteiger partial charge is 0.303 e. The molecule has 0 bridgehead atoms. The first kappa shape index (κ1) is 23.4. The molecule has 1 aliphatic rings. The summed E-state index contributed by atoms with van der Waals surface area (Å²) in [6.07, 6.45) is 1.01. The van der Waals surface area contributed by atoms with Gasteiger partial charge in [0.2, 0.25) is 11.8 Å². The van der Waals surface area contributed by atoms with E-state index >= 15 is 0 Å². The average molecular weight is 418 g/mol. The normalized spacial score (nSPS) is 24.0. The Bertz CT molecular complexity index is 751. The van der Waals surface area contributed by atoms with E-state index in [1.165, 1.54) is 20.8 Å². The van der Waals surface area contributed by atoms with Crippen LogP contribution in [-0.2, 0) is 35.1 Å². The predicted molar refractivity (Wildman–Crippen MR) is 109 cm³/mol. The van der Waals surface area contributed by atoms with Crippen molar-refractivity contribution in [3.05, 3.63) is 35.9 Å². The van der Waals surface area contributed by atoms with Gasteiger partial charge < -0.3 is 20.1 Å². The molecule has 2 rings (SSSR count). The van der Waals surface area contributed by atoms with Crippen molar-refractivity contribution in [2.45, 2.75) is 77.2 Å². The van der Waals surface area contributed by atoms with Gasteiger partial charge in [0.15, 0.2) is 12.2 Å². The average Bonchev–Trinajstić information content (AvgIpc) is 2.65. The molecule has 8 heteroatoms. The van der Waals surface area contributed by atoms with Crippen LogP contribution < -0.4 is 10.6 Å². The highest BCUT2D eigenvalue weighted by molar-refractivity contribution is 5.79. The summed E-state index contributed by atoms with van der Waals surface area (Å²) in [5.74, 6) is -1.60. The summed E-state index contributed by atoms with van der Waals surface area (Å²) in [6, 6.07) is 8.23. The second kappa shape index (κ2) is 11.3. The number of ether oxygens (including phenoxy) is 2. The summed E-state index contributed by atoms with van der Waals surface area (Å²) >= 11 is 0. The maximum absolute atomic E-state index is 12.7. The highest BCUT2D eigenvalue weighted by Crippen LogP contribution is 2.25. The quantitative estimate of drug-likeness (QED) is 0.680. The zero-order valence-electron chi connectivity index (χ0n) is 17.7. The molecule has 0 unspecified atom stereocenters. The van der Waals surface area contributed by atoms with Crippen molar-refractivity contribution in [3.63, 3.8) is 0 Å². The van der Waals surface area contributed by atoms with Crippen LogP contribution in [0.15, 0.2) is 30.3 Å². The van der Waals surface area contributed by atoms with Gasteiger partial charge in [-0.3, -0.25) is 19.2 Å². The Labute approximate surface area is 176 Å². The molecule has 0 aliphatic heterocycles. The van der Waals surface area contributed by atoms with E-state index in [0.717, 1.165) is 18.4 Å². The highest BCUT2D eigenvalue weighted by atomic mass is 16.6. The van der Waals surface area contributed by atoms with Crippen LogP contribution >= 0.6 is 0 Å². The van der Waals surface area contributed by atoms with E-state index in [1.54, 1.807) is 0 Å². The van der Waals surface area contributed by atoms with Crippen molar-refractivity contribution >= 4 is 23.8 Å². The number of rotatable bonds is 6. The molecular formula is C22H30N2O6. The topological polar surface area (TPSA) is 111 Å². The van der Waals surface area contributed by atoms with Crippen molar-refractivity contribution in [3.8, 4) is 0 Å². The third-order valence-electron chi connectivity index (χ3n) is 4.94. The number of benzene rings is 1. The van der Waals surface area contributed by atoms with Gasteiger partial charge in [-0.1, -0.05) is 43.2 Å². The van der Waals surface area contributed by atoms with Crippen molar-refractivity contribution in [2.24, 2.45) is 0 Å². The van der Waals surface area contributed by atoms with Crippen LogP contribution in [-0.4, -0.2) is 48.0 Å². The predicted octanol–water partition coefficient (Wildman–Crippen LogP) is 1.66. The number of hydrogen-bond acceptors (Lipinski definition) is 6. The number of hydrogen-bond donors (Lipinski definition) is 2. The molecule has 164 valence electrons. The molecule has 4 atom stereocenters. The molecule has 1 aromatic rings. The molecule has 0 aromatic heterocycles. The molecule has 1 aliphatic carbocycles. The summed E-state index contributed by atoms with van der Waals surface area (Å²) in [7, 11) is 0. The van der Waals surface area contributed by atoms with E-state index in [-0.39, 0.29) is 18.2 Å². The van der Waals surface area contributed by atoms with E-state index in [4.69, 9.17) is 9.47 Å². The number of amides is 2. The Morgan fingerprint density at radius 2 is 1.33 bits per heavy atom. The maximum Gasteiger partial charge on any atom is 0.303 e. The maximum atomic E-state index is 12.7. The van der Waals surface area contributed by atoms with Gasteiger partial charge in [0.25, 0.3) is 0 Å². The van der Waals surface area contributed by atoms with Gasteiger partial charge >= 0.3 is 11.9 Å². The van der Waals surface area contributed by atoms with Crippen molar-refractivity contribution < 1.29 is 28.7 Å². The lowest BCUT2D eigenvalue weighted by molar-refractivity contribution is -0.172. The molecule has 30 heavy (non-hydrogen) atoms. The van der Waals surface area contributed by atoms with Crippen molar-refractivity contribution in [1.29, 1.82) is 0 Å². The minimum absolute atomic E-state index is 0.178. The summed E-state index contributed by atoms with van der Waals surface area (Å²) in [5, 5.41) is 5.75. The van der Waals surface area contributed by atoms with Gasteiger partial charge in [0.05, 0.1) is 18.5 Å². The Kier molecular flexibility index (Phi) is 8.83. The minimum atomic E-state index is -0.914. The van der Waals surface area contributed by atoms with Crippen LogP contribution in [0.1, 0.15) is 52.0 Å². The van der Waals surface area contributed by atoms with E-state index < -0.39 is 36.2 Å². The molecule has 0 radical (unpaired) electrons. The van der Waals surface area contributed by atoms with Crippen LogP contribution in [0.5, 0.6) is 0 Å². The van der Waals surface area contributed by atoms with Gasteiger partial charge in [-0.2, -0.15) is 0 Å². The van der Waals surface area contributed by atoms with Gasteiger partial charge in [0.1, 0.15) is 0 Å². The summed E-state index contributed by atoms with van der Waals surface area (Å²) in [6.45, 7) is 3.90. The minimum Gasteiger partial charge on any atom is -0.456 e. The van der Waals surface area contributed by atoms with E-state index in [1.807, 2.05) is 30.3 Å². The lowest BCUT2D eigenvalue weighted by Crippen LogP contribution is -2.59. The molecule has 2 N–H and O–H groups in total. The molecule has 0 spiro atoms. The Hall–Kier alpha value is -2.90. The number of carbonyl (C=O) groups excluding carboxylic acids is 4. The lowest BCUT2D eigenvalue weighted by Gasteiger charge is -2.39. The zero-order chi connectivity index (χ0) is 22.1. The second-order valence-electron chi connectivity index (χ2n) is 7.58. The molecular weight excluding hydrogens is 388 g/mol.